The van der Waals surface area contributed by atoms with E-state index in [-0.39, 0.29) is 5.41 Å². The van der Waals surface area contributed by atoms with Crippen molar-refractivity contribution >= 4 is 53.3 Å². The van der Waals surface area contributed by atoms with Gasteiger partial charge in [-0.15, -0.1) is 11.3 Å². The van der Waals surface area contributed by atoms with Crippen molar-refractivity contribution in [2.24, 2.45) is 0 Å². The van der Waals surface area contributed by atoms with Crippen molar-refractivity contribution in [1.29, 1.82) is 0 Å². The van der Waals surface area contributed by atoms with E-state index in [1.807, 2.05) is 23.5 Å². The second-order valence-electron chi connectivity index (χ2n) is 13.0. The maximum absolute atomic E-state index is 5.32. The molecule has 0 bridgehead atoms. The largest absolute Gasteiger partial charge is 0.278 e. The van der Waals surface area contributed by atoms with Gasteiger partial charge < -0.3 is 0 Å². The van der Waals surface area contributed by atoms with Gasteiger partial charge in [-0.1, -0.05) is 123 Å². The zero-order valence-corrected chi connectivity index (χ0v) is 26.8. The van der Waals surface area contributed by atoms with Gasteiger partial charge in [-0.05, 0) is 52.6 Å². The van der Waals surface area contributed by atoms with E-state index in [2.05, 4.69) is 146 Å². The molecule has 9 aromatic rings. The molecule has 0 atom stereocenters. The molecule has 3 nitrogen and oxygen atoms in total. The van der Waals surface area contributed by atoms with Crippen LogP contribution in [0.2, 0.25) is 0 Å². The Hall–Kier alpha value is -5.58. The minimum Gasteiger partial charge on any atom is -0.278 e. The average molecular weight is 620 g/mol. The molecule has 0 saturated heterocycles. The summed E-state index contributed by atoms with van der Waals surface area (Å²) in [6.45, 7) is 4.70. The summed E-state index contributed by atoms with van der Waals surface area (Å²) >= 11 is 1.88. The minimum atomic E-state index is -0.129. The molecular formula is C43H29N3S. The molecule has 10 rings (SSSR count). The minimum absolute atomic E-state index is 0.129. The first-order chi connectivity index (χ1) is 23.1. The lowest BCUT2D eigenvalue weighted by atomic mass is 9.82. The standard InChI is InChI=1S/C43H29N3S/c1-43(2)33-19-11-9-17-28(33)31-23-32-38(24-34(31)43)46(37-22-21-30-29-18-10-12-20-39(29)47-41(30)40(32)37)42-44-35(26-13-5-3-6-14-26)25-36(45-42)27-15-7-4-8-16-27/h3-25H,1-2H3. The SMILES string of the molecule is CC1(C)c2ccccc2-c2cc3c4c5sc6ccccc6c5ccc4n(-c4nc(-c5ccccc5)cc(-c5ccccc5)n4)c3cc21. The summed E-state index contributed by atoms with van der Waals surface area (Å²) in [6, 6.07) is 50.1. The Morgan fingerprint density at radius 1 is 0.532 bits per heavy atom. The van der Waals surface area contributed by atoms with Crippen molar-refractivity contribution in [3.63, 3.8) is 0 Å². The fraction of sp³-hybridized carbons (Fsp3) is 0.0698. The third kappa shape index (κ3) is 3.79. The molecule has 0 amide bonds. The summed E-state index contributed by atoms with van der Waals surface area (Å²) in [5.74, 6) is 0.680. The normalized spacial score (nSPS) is 13.5. The zero-order chi connectivity index (χ0) is 31.3. The first-order valence-electron chi connectivity index (χ1n) is 16.1. The van der Waals surface area contributed by atoms with Gasteiger partial charge >= 0.3 is 0 Å². The summed E-state index contributed by atoms with van der Waals surface area (Å²) in [7, 11) is 0. The Morgan fingerprint density at radius 2 is 1.19 bits per heavy atom. The topological polar surface area (TPSA) is 30.7 Å². The third-order valence-corrected chi connectivity index (χ3v) is 11.2. The molecule has 0 N–H and O–H groups in total. The van der Waals surface area contributed by atoms with E-state index in [0.717, 1.165) is 33.5 Å². The van der Waals surface area contributed by atoms with Crippen molar-refractivity contribution in [3.05, 3.63) is 151 Å². The Balaban J connectivity index is 1.36. The summed E-state index contributed by atoms with van der Waals surface area (Å²) in [6.07, 6.45) is 0. The monoisotopic (exact) mass is 619 g/mol. The number of nitrogens with zero attached hydrogens (tertiary/aromatic N) is 3. The van der Waals surface area contributed by atoms with Gasteiger partial charge in [0.25, 0.3) is 0 Å². The molecular weight excluding hydrogens is 591 g/mol. The van der Waals surface area contributed by atoms with Gasteiger partial charge in [0, 0.05) is 47.5 Å². The predicted octanol–water partition coefficient (Wildman–Crippen LogP) is 11.6. The van der Waals surface area contributed by atoms with Crippen LogP contribution < -0.4 is 0 Å². The molecule has 1 aliphatic rings. The number of rotatable bonds is 3. The van der Waals surface area contributed by atoms with Crippen molar-refractivity contribution < 1.29 is 0 Å². The van der Waals surface area contributed by atoms with Gasteiger partial charge in [0.2, 0.25) is 5.95 Å². The van der Waals surface area contributed by atoms with Gasteiger partial charge in [0.15, 0.2) is 0 Å². The van der Waals surface area contributed by atoms with Crippen LogP contribution in [0.15, 0.2) is 140 Å². The van der Waals surface area contributed by atoms with Gasteiger partial charge in [-0.2, -0.15) is 0 Å². The summed E-state index contributed by atoms with van der Waals surface area (Å²) in [5.41, 5.74) is 11.4. The molecule has 6 aromatic carbocycles. The van der Waals surface area contributed by atoms with Gasteiger partial charge in [0.05, 0.1) is 22.4 Å². The van der Waals surface area contributed by atoms with E-state index in [1.54, 1.807) is 0 Å². The van der Waals surface area contributed by atoms with Crippen LogP contribution >= 0.6 is 11.3 Å². The van der Waals surface area contributed by atoms with Crippen LogP contribution in [0.4, 0.5) is 0 Å². The molecule has 0 fully saturated rings. The quantitative estimate of drug-likeness (QED) is 0.197. The second-order valence-corrected chi connectivity index (χ2v) is 14.1. The number of hydrogen-bond acceptors (Lipinski definition) is 3. The van der Waals surface area contributed by atoms with Gasteiger partial charge in [-0.3, -0.25) is 4.57 Å². The van der Waals surface area contributed by atoms with E-state index in [4.69, 9.17) is 9.97 Å². The van der Waals surface area contributed by atoms with Gasteiger partial charge in [0.1, 0.15) is 0 Å². The predicted molar refractivity (Wildman–Crippen MR) is 198 cm³/mol. The zero-order valence-electron chi connectivity index (χ0n) is 26.0. The highest BCUT2D eigenvalue weighted by Gasteiger charge is 2.36. The molecule has 3 aromatic heterocycles. The van der Waals surface area contributed by atoms with Crippen LogP contribution in [0.25, 0.3) is 81.6 Å². The van der Waals surface area contributed by atoms with E-state index >= 15 is 0 Å². The molecule has 3 heterocycles. The van der Waals surface area contributed by atoms with Crippen LogP contribution in [-0.4, -0.2) is 14.5 Å². The highest BCUT2D eigenvalue weighted by atomic mass is 32.1. The molecule has 0 saturated carbocycles. The number of benzene rings is 6. The molecule has 222 valence electrons. The van der Waals surface area contributed by atoms with Crippen LogP contribution in [-0.2, 0) is 5.41 Å². The van der Waals surface area contributed by atoms with E-state index in [0.29, 0.717) is 5.95 Å². The van der Waals surface area contributed by atoms with Crippen LogP contribution in [0.1, 0.15) is 25.0 Å². The molecule has 4 heteroatoms. The molecule has 0 radical (unpaired) electrons. The maximum Gasteiger partial charge on any atom is 0.235 e. The average Bonchev–Trinajstić information content (AvgIpc) is 3.73. The Labute approximate surface area is 276 Å². The lowest BCUT2D eigenvalue weighted by Gasteiger charge is -2.21. The van der Waals surface area contributed by atoms with Crippen molar-refractivity contribution in [3.8, 4) is 39.6 Å². The number of aromatic nitrogens is 3. The fourth-order valence-corrected chi connectivity index (χ4v) is 9.00. The van der Waals surface area contributed by atoms with Crippen LogP contribution in [0.5, 0.6) is 0 Å². The fourth-order valence-electron chi connectivity index (χ4n) is 7.74. The molecule has 0 spiro atoms. The summed E-state index contributed by atoms with van der Waals surface area (Å²) in [4.78, 5) is 10.6. The van der Waals surface area contributed by atoms with E-state index < -0.39 is 0 Å². The molecule has 0 unspecified atom stereocenters. The maximum atomic E-state index is 5.32. The van der Waals surface area contributed by atoms with Crippen molar-refractivity contribution in [1.82, 2.24) is 14.5 Å². The van der Waals surface area contributed by atoms with Gasteiger partial charge in [-0.25, -0.2) is 9.97 Å². The second kappa shape index (κ2) is 9.71. The lowest BCUT2D eigenvalue weighted by Crippen LogP contribution is -2.15. The highest BCUT2D eigenvalue weighted by Crippen LogP contribution is 2.52. The Morgan fingerprint density at radius 3 is 1.94 bits per heavy atom. The number of thiophene rings is 1. The summed E-state index contributed by atoms with van der Waals surface area (Å²) < 4.78 is 4.92. The van der Waals surface area contributed by atoms with Crippen LogP contribution in [0.3, 0.4) is 0 Å². The summed E-state index contributed by atoms with van der Waals surface area (Å²) in [5, 5.41) is 5.09. The first-order valence-corrected chi connectivity index (χ1v) is 16.9. The number of hydrogen-bond donors (Lipinski definition) is 0. The van der Waals surface area contributed by atoms with Crippen molar-refractivity contribution in [2.75, 3.05) is 0 Å². The first kappa shape index (κ1) is 26.6. The lowest BCUT2D eigenvalue weighted by molar-refractivity contribution is 0.661. The Kier molecular flexibility index (Phi) is 5.50. The van der Waals surface area contributed by atoms with Crippen molar-refractivity contribution in [2.45, 2.75) is 19.3 Å². The third-order valence-electron chi connectivity index (χ3n) is 10.0. The number of fused-ring (bicyclic) bond motifs is 10. The van der Waals surface area contributed by atoms with E-state index in [1.165, 1.54) is 53.2 Å². The smallest absolute Gasteiger partial charge is 0.235 e. The molecule has 0 aliphatic heterocycles. The molecule has 47 heavy (non-hydrogen) atoms. The van der Waals surface area contributed by atoms with E-state index in [9.17, 15) is 0 Å². The Bertz CT molecular complexity index is 2640. The highest BCUT2D eigenvalue weighted by molar-refractivity contribution is 7.26. The van der Waals surface area contributed by atoms with Crippen LogP contribution in [0, 0.1) is 0 Å². The molecule has 1 aliphatic carbocycles.